The molecule has 32 heavy (non-hydrogen) atoms. The van der Waals surface area contributed by atoms with Gasteiger partial charge in [0.25, 0.3) is 0 Å². The molecule has 174 valence electrons. The molecule has 1 heterocycles. The molecule has 1 fully saturated rings. The fourth-order valence-electron chi connectivity index (χ4n) is 3.71. The maximum absolute atomic E-state index is 13.2. The summed E-state index contributed by atoms with van der Waals surface area (Å²) in [4.78, 5) is 38.8. The summed E-state index contributed by atoms with van der Waals surface area (Å²) in [5.74, 6) is 1.52. The van der Waals surface area contributed by atoms with Crippen LogP contribution in [0.2, 0.25) is 0 Å². The quantitative estimate of drug-likeness (QED) is 0.466. The highest BCUT2D eigenvalue weighted by atomic mass is 16.5. The normalized spacial score (nSPS) is 20.2. The minimum Gasteiger partial charge on any atom is -0.465 e. The molecule has 0 spiro atoms. The molecule has 4 atom stereocenters. The van der Waals surface area contributed by atoms with Gasteiger partial charge in [0.2, 0.25) is 11.8 Å². The number of ether oxygens (including phenoxy) is 1. The Morgan fingerprint density at radius 1 is 1.25 bits per heavy atom. The minimum absolute atomic E-state index is 0.0528. The molecule has 1 aromatic carbocycles. The molecule has 3 amide bonds. The highest BCUT2D eigenvalue weighted by Gasteiger charge is 2.44. The number of hydrogen-bond donors (Lipinski definition) is 4. The van der Waals surface area contributed by atoms with E-state index in [4.69, 9.17) is 11.2 Å². The Bertz CT molecular complexity index is 871. The van der Waals surface area contributed by atoms with Crippen molar-refractivity contribution in [2.75, 3.05) is 20.3 Å². The number of hydrogen-bond acceptors (Lipinski definition) is 5. The van der Waals surface area contributed by atoms with Gasteiger partial charge in [-0.15, -0.1) is 6.42 Å². The van der Waals surface area contributed by atoms with Crippen LogP contribution >= 0.6 is 0 Å². The molecule has 1 saturated heterocycles. The van der Waals surface area contributed by atoms with E-state index in [0.717, 1.165) is 5.56 Å². The zero-order chi connectivity index (χ0) is 24.1. The van der Waals surface area contributed by atoms with Crippen LogP contribution in [0.1, 0.15) is 44.4 Å². The molecule has 1 aliphatic rings. The van der Waals surface area contributed by atoms with Crippen molar-refractivity contribution < 1.29 is 29.3 Å². The summed E-state index contributed by atoms with van der Waals surface area (Å²) in [5.41, 5.74) is 0.739. The van der Waals surface area contributed by atoms with E-state index in [1.54, 1.807) is 45.0 Å². The molecule has 0 aromatic heterocycles. The Balaban J connectivity index is 2.24. The number of likely N-dealkylation sites (tertiary alicyclic amines) is 1. The Labute approximate surface area is 188 Å². The predicted octanol–water partition coefficient (Wildman–Crippen LogP) is 1.12. The van der Waals surface area contributed by atoms with Gasteiger partial charge >= 0.3 is 6.09 Å². The van der Waals surface area contributed by atoms with E-state index in [2.05, 4.69) is 16.6 Å². The molecular weight excluding hydrogens is 414 g/mol. The lowest BCUT2D eigenvalue weighted by atomic mass is 9.85. The average molecular weight is 446 g/mol. The van der Waals surface area contributed by atoms with Crippen molar-refractivity contribution in [1.82, 2.24) is 15.5 Å². The summed E-state index contributed by atoms with van der Waals surface area (Å²) in [7, 11) is 1.51. The molecule has 2 unspecified atom stereocenters. The zero-order valence-electron chi connectivity index (χ0n) is 18.8. The van der Waals surface area contributed by atoms with Crippen LogP contribution in [0, 0.1) is 17.8 Å². The topological polar surface area (TPSA) is 128 Å². The standard InChI is InChI=1S/C23H31N3O6/c1-6-14-7-9-15(10-8-14)17(13-32-5)24-20(28)18-11-16(27)12-26(18)21(29)19(23(2,3)4)25-22(30)31/h1,7-10,16-19,25,27H,11-13H2,2-5H3,(H,24,28)(H,30,31)/t16-,17?,18+,19?/m1/s1. The first kappa shape index (κ1) is 25.2. The summed E-state index contributed by atoms with van der Waals surface area (Å²) in [5, 5.41) is 24.5. The largest absolute Gasteiger partial charge is 0.465 e. The third-order valence-electron chi connectivity index (χ3n) is 5.38. The summed E-state index contributed by atoms with van der Waals surface area (Å²) in [6, 6.07) is 4.57. The Morgan fingerprint density at radius 2 is 1.88 bits per heavy atom. The highest BCUT2D eigenvalue weighted by molar-refractivity contribution is 5.92. The predicted molar refractivity (Wildman–Crippen MR) is 118 cm³/mol. The van der Waals surface area contributed by atoms with E-state index in [1.807, 2.05) is 0 Å². The molecule has 1 aromatic rings. The van der Waals surface area contributed by atoms with Gasteiger partial charge in [-0.05, 0) is 23.1 Å². The van der Waals surface area contributed by atoms with Crippen molar-refractivity contribution in [2.45, 2.75) is 51.4 Å². The van der Waals surface area contributed by atoms with Crippen LogP contribution in [-0.2, 0) is 14.3 Å². The van der Waals surface area contributed by atoms with Gasteiger partial charge in [0, 0.05) is 25.6 Å². The number of methoxy groups -OCH3 is 1. The number of rotatable bonds is 7. The second-order valence-electron chi connectivity index (χ2n) is 8.93. The SMILES string of the molecule is C#Cc1ccc(C(COC)NC(=O)[C@@H]2C[C@@H](O)CN2C(=O)C(NC(=O)O)C(C)(C)C)cc1. The molecule has 2 rings (SSSR count). The van der Waals surface area contributed by atoms with Crippen molar-refractivity contribution in [1.29, 1.82) is 0 Å². The minimum atomic E-state index is -1.34. The van der Waals surface area contributed by atoms with Crippen LogP contribution in [0.25, 0.3) is 0 Å². The Morgan fingerprint density at radius 3 is 2.38 bits per heavy atom. The smallest absolute Gasteiger partial charge is 0.405 e. The molecule has 0 bridgehead atoms. The van der Waals surface area contributed by atoms with E-state index in [1.165, 1.54) is 12.0 Å². The van der Waals surface area contributed by atoms with Gasteiger partial charge in [-0.3, -0.25) is 9.59 Å². The van der Waals surface area contributed by atoms with Crippen molar-refractivity contribution in [2.24, 2.45) is 5.41 Å². The number of carboxylic acid groups (broad SMARTS) is 1. The number of aliphatic hydroxyl groups is 1. The van der Waals surface area contributed by atoms with E-state index in [0.29, 0.717) is 5.56 Å². The highest BCUT2D eigenvalue weighted by Crippen LogP contribution is 2.27. The fraction of sp³-hybridized carbons (Fsp3) is 0.522. The monoisotopic (exact) mass is 445 g/mol. The molecule has 1 aliphatic heterocycles. The lowest BCUT2D eigenvalue weighted by Gasteiger charge is -2.35. The van der Waals surface area contributed by atoms with Gasteiger partial charge < -0.3 is 30.5 Å². The number of amides is 3. The lowest BCUT2D eigenvalue weighted by molar-refractivity contribution is -0.142. The van der Waals surface area contributed by atoms with E-state index in [9.17, 15) is 24.6 Å². The van der Waals surface area contributed by atoms with Crippen molar-refractivity contribution in [3.05, 3.63) is 35.4 Å². The number of nitrogens with zero attached hydrogens (tertiary/aromatic N) is 1. The molecule has 0 radical (unpaired) electrons. The molecular formula is C23H31N3O6. The maximum Gasteiger partial charge on any atom is 0.405 e. The number of benzene rings is 1. The summed E-state index contributed by atoms with van der Waals surface area (Å²) < 4.78 is 5.24. The van der Waals surface area contributed by atoms with Crippen LogP contribution < -0.4 is 10.6 Å². The Kier molecular flexibility index (Phi) is 8.25. The van der Waals surface area contributed by atoms with Gasteiger partial charge in [0.1, 0.15) is 12.1 Å². The third-order valence-corrected chi connectivity index (χ3v) is 5.38. The van der Waals surface area contributed by atoms with Crippen LogP contribution in [0.5, 0.6) is 0 Å². The number of terminal acetylenes is 1. The van der Waals surface area contributed by atoms with E-state index >= 15 is 0 Å². The number of aliphatic hydroxyl groups excluding tert-OH is 1. The van der Waals surface area contributed by atoms with Crippen molar-refractivity contribution >= 4 is 17.9 Å². The second kappa shape index (κ2) is 10.5. The number of carbonyl (C=O) groups is 3. The molecule has 9 heteroatoms. The van der Waals surface area contributed by atoms with Gasteiger partial charge in [0.05, 0.1) is 18.8 Å². The summed E-state index contributed by atoms with van der Waals surface area (Å²) in [6.45, 7) is 5.30. The fourth-order valence-corrected chi connectivity index (χ4v) is 3.71. The lowest BCUT2D eigenvalue weighted by Crippen LogP contribution is -2.57. The average Bonchev–Trinajstić information content (AvgIpc) is 3.12. The first-order valence-corrected chi connectivity index (χ1v) is 10.3. The number of nitrogens with one attached hydrogen (secondary N) is 2. The van der Waals surface area contributed by atoms with Gasteiger partial charge in [-0.1, -0.05) is 38.8 Å². The van der Waals surface area contributed by atoms with Gasteiger partial charge in [0.15, 0.2) is 0 Å². The third kappa shape index (κ3) is 6.22. The first-order chi connectivity index (χ1) is 15.0. The molecule has 9 nitrogen and oxygen atoms in total. The second-order valence-corrected chi connectivity index (χ2v) is 8.93. The van der Waals surface area contributed by atoms with Crippen molar-refractivity contribution in [3.63, 3.8) is 0 Å². The number of β-amino-alcohol motifs (C(OH)–C–C–N with tert-alkyl or cyclic N) is 1. The molecule has 0 aliphatic carbocycles. The van der Waals surface area contributed by atoms with Gasteiger partial charge in [-0.2, -0.15) is 0 Å². The zero-order valence-corrected chi connectivity index (χ0v) is 18.8. The molecule has 4 N–H and O–H groups in total. The Hall–Kier alpha value is -3.09. The van der Waals surface area contributed by atoms with E-state index in [-0.39, 0.29) is 19.6 Å². The van der Waals surface area contributed by atoms with Crippen LogP contribution in [0.3, 0.4) is 0 Å². The maximum atomic E-state index is 13.2. The first-order valence-electron chi connectivity index (χ1n) is 10.3. The van der Waals surface area contributed by atoms with Gasteiger partial charge in [-0.25, -0.2) is 4.79 Å². The van der Waals surface area contributed by atoms with E-state index < -0.39 is 47.6 Å². The summed E-state index contributed by atoms with van der Waals surface area (Å²) >= 11 is 0. The summed E-state index contributed by atoms with van der Waals surface area (Å²) in [6.07, 6.45) is 3.21. The van der Waals surface area contributed by atoms with Crippen LogP contribution in [0.4, 0.5) is 4.79 Å². The van der Waals surface area contributed by atoms with Crippen LogP contribution in [-0.4, -0.2) is 71.5 Å². The van der Waals surface area contributed by atoms with Crippen molar-refractivity contribution in [3.8, 4) is 12.3 Å². The number of carbonyl (C=O) groups excluding carboxylic acids is 2. The van der Waals surface area contributed by atoms with Crippen LogP contribution in [0.15, 0.2) is 24.3 Å². The molecule has 0 saturated carbocycles.